The predicted octanol–water partition coefficient (Wildman–Crippen LogP) is 1.30. The van der Waals surface area contributed by atoms with E-state index in [1.807, 2.05) is 14.0 Å². The van der Waals surface area contributed by atoms with Crippen LogP contribution in [0.5, 0.6) is 5.75 Å². The molecule has 1 aromatic heterocycles. The van der Waals surface area contributed by atoms with Gasteiger partial charge in [-0.2, -0.15) is 0 Å². The summed E-state index contributed by atoms with van der Waals surface area (Å²) in [6.45, 7) is 4.81. The van der Waals surface area contributed by atoms with Crippen molar-refractivity contribution in [1.29, 1.82) is 0 Å². The van der Waals surface area contributed by atoms with Crippen LogP contribution in [-0.2, 0) is 0 Å². The molecule has 1 N–H and O–H groups in total. The highest BCUT2D eigenvalue weighted by Crippen LogP contribution is 2.31. The lowest BCUT2D eigenvalue weighted by atomic mass is 10.3. The Kier molecular flexibility index (Phi) is 6.35. The lowest BCUT2D eigenvalue weighted by molar-refractivity contribution is 0.398. The molecule has 1 rings (SSSR count). The molecule has 0 saturated carbocycles. The first-order chi connectivity index (χ1) is 9.10. The molecular weight excluding hydrogens is 242 g/mol. The fraction of sp³-hybridized carbons (Fsp3) is 0.692. The standard InChI is InChI=1S/C13H25N5O/c1-6-14-12-11(19-5)13(16-10-15-12)18(4)9-7-8-17(2)3/h10H,6-9H2,1-5H3,(H,14,15,16). The third-order valence-electron chi connectivity index (χ3n) is 2.79. The molecule has 0 aliphatic carbocycles. The Hall–Kier alpha value is -1.56. The van der Waals surface area contributed by atoms with E-state index in [2.05, 4.69) is 39.2 Å². The first-order valence-corrected chi connectivity index (χ1v) is 6.58. The smallest absolute Gasteiger partial charge is 0.204 e. The van der Waals surface area contributed by atoms with Crippen molar-refractivity contribution >= 4 is 11.6 Å². The minimum atomic E-state index is 0.705. The second-order valence-corrected chi connectivity index (χ2v) is 4.69. The molecule has 0 unspecified atom stereocenters. The number of hydrogen-bond acceptors (Lipinski definition) is 6. The van der Waals surface area contributed by atoms with E-state index in [-0.39, 0.29) is 0 Å². The Labute approximate surface area is 115 Å². The zero-order valence-electron chi connectivity index (χ0n) is 12.6. The van der Waals surface area contributed by atoms with Gasteiger partial charge in [-0.1, -0.05) is 0 Å². The van der Waals surface area contributed by atoms with E-state index >= 15 is 0 Å². The number of ether oxygens (including phenoxy) is 1. The maximum atomic E-state index is 5.44. The average molecular weight is 267 g/mol. The zero-order valence-corrected chi connectivity index (χ0v) is 12.6. The fourth-order valence-electron chi connectivity index (χ4n) is 1.85. The number of nitrogens with zero attached hydrogens (tertiary/aromatic N) is 4. The van der Waals surface area contributed by atoms with Crippen molar-refractivity contribution < 1.29 is 4.74 Å². The SMILES string of the molecule is CCNc1ncnc(N(C)CCCN(C)C)c1OC. The van der Waals surface area contributed by atoms with Gasteiger partial charge in [-0.05, 0) is 34.0 Å². The minimum Gasteiger partial charge on any atom is -0.490 e. The molecule has 6 heteroatoms. The van der Waals surface area contributed by atoms with E-state index in [0.29, 0.717) is 5.75 Å². The molecular formula is C13H25N5O. The normalized spacial score (nSPS) is 10.6. The summed E-state index contributed by atoms with van der Waals surface area (Å²) in [5.41, 5.74) is 0. The van der Waals surface area contributed by atoms with Crippen LogP contribution in [0.3, 0.4) is 0 Å². The molecule has 0 aliphatic rings. The molecule has 108 valence electrons. The average Bonchev–Trinajstić information content (AvgIpc) is 2.38. The van der Waals surface area contributed by atoms with Crippen molar-refractivity contribution in [2.24, 2.45) is 0 Å². The van der Waals surface area contributed by atoms with Gasteiger partial charge in [0.1, 0.15) is 6.33 Å². The number of hydrogen-bond donors (Lipinski definition) is 1. The molecule has 0 saturated heterocycles. The van der Waals surface area contributed by atoms with Gasteiger partial charge < -0.3 is 19.9 Å². The number of anilines is 2. The summed E-state index contributed by atoms with van der Waals surface area (Å²) in [4.78, 5) is 12.8. The summed E-state index contributed by atoms with van der Waals surface area (Å²) in [6, 6.07) is 0. The van der Waals surface area contributed by atoms with Crippen LogP contribution in [0, 0.1) is 0 Å². The van der Waals surface area contributed by atoms with E-state index in [1.54, 1.807) is 13.4 Å². The van der Waals surface area contributed by atoms with Crippen molar-refractivity contribution in [3.8, 4) is 5.75 Å². The van der Waals surface area contributed by atoms with Crippen LogP contribution in [0.15, 0.2) is 6.33 Å². The highest BCUT2D eigenvalue weighted by Gasteiger charge is 2.14. The Bertz CT molecular complexity index is 383. The summed E-state index contributed by atoms with van der Waals surface area (Å²) in [6.07, 6.45) is 2.64. The van der Waals surface area contributed by atoms with E-state index in [1.165, 1.54) is 0 Å². The van der Waals surface area contributed by atoms with Crippen molar-refractivity contribution in [2.45, 2.75) is 13.3 Å². The second-order valence-electron chi connectivity index (χ2n) is 4.69. The van der Waals surface area contributed by atoms with Gasteiger partial charge >= 0.3 is 0 Å². The Morgan fingerprint density at radius 1 is 1.21 bits per heavy atom. The van der Waals surface area contributed by atoms with Crippen LogP contribution in [0.25, 0.3) is 0 Å². The number of aromatic nitrogens is 2. The quantitative estimate of drug-likeness (QED) is 0.766. The molecule has 0 aromatic carbocycles. The zero-order chi connectivity index (χ0) is 14.3. The van der Waals surface area contributed by atoms with E-state index < -0.39 is 0 Å². The van der Waals surface area contributed by atoms with E-state index in [0.717, 1.165) is 37.7 Å². The Balaban J connectivity index is 2.77. The topological polar surface area (TPSA) is 53.5 Å². The molecule has 0 bridgehead atoms. The summed E-state index contributed by atoms with van der Waals surface area (Å²) in [7, 11) is 7.83. The van der Waals surface area contributed by atoms with Gasteiger partial charge in [0.15, 0.2) is 11.6 Å². The first kappa shape index (κ1) is 15.5. The summed E-state index contributed by atoms with van der Waals surface area (Å²) >= 11 is 0. The molecule has 1 aromatic rings. The predicted molar refractivity (Wildman–Crippen MR) is 79.2 cm³/mol. The maximum Gasteiger partial charge on any atom is 0.204 e. The van der Waals surface area contributed by atoms with Crippen LogP contribution in [-0.4, -0.2) is 62.8 Å². The first-order valence-electron chi connectivity index (χ1n) is 6.58. The van der Waals surface area contributed by atoms with E-state index in [9.17, 15) is 0 Å². The number of rotatable bonds is 8. The molecule has 0 aliphatic heterocycles. The molecule has 0 spiro atoms. The molecule has 0 amide bonds. The summed E-state index contributed by atoms with van der Waals surface area (Å²) in [5.74, 6) is 2.28. The lowest BCUT2D eigenvalue weighted by Gasteiger charge is -2.22. The number of nitrogens with one attached hydrogen (secondary N) is 1. The maximum absolute atomic E-state index is 5.44. The monoisotopic (exact) mass is 267 g/mol. The van der Waals surface area contributed by atoms with Crippen molar-refractivity contribution in [3.63, 3.8) is 0 Å². The van der Waals surface area contributed by atoms with Crippen LogP contribution in [0.1, 0.15) is 13.3 Å². The van der Waals surface area contributed by atoms with Gasteiger partial charge in [-0.25, -0.2) is 9.97 Å². The molecule has 0 radical (unpaired) electrons. The van der Waals surface area contributed by atoms with Gasteiger partial charge in [-0.3, -0.25) is 0 Å². The summed E-state index contributed by atoms with van der Waals surface area (Å²) < 4.78 is 5.44. The van der Waals surface area contributed by atoms with Gasteiger partial charge in [0.2, 0.25) is 5.75 Å². The van der Waals surface area contributed by atoms with Gasteiger partial charge in [0.05, 0.1) is 7.11 Å². The van der Waals surface area contributed by atoms with Crippen molar-refractivity contribution in [1.82, 2.24) is 14.9 Å². The second kappa shape index (κ2) is 7.78. The molecule has 19 heavy (non-hydrogen) atoms. The lowest BCUT2D eigenvalue weighted by Crippen LogP contribution is -2.24. The van der Waals surface area contributed by atoms with Crippen LogP contribution in [0.4, 0.5) is 11.6 Å². The highest BCUT2D eigenvalue weighted by molar-refractivity contribution is 5.64. The van der Waals surface area contributed by atoms with E-state index in [4.69, 9.17) is 4.74 Å². The van der Waals surface area contributed by atoms with Crippen LogP contribution < -0.4 is 15.0 Å². The van der Waals surface area contributed by atoms with Crippen LogP contribution in [0.2, 0.25) is 0 Å². The van der Waals surface area contributed by atoms with Crippen LogP contribution >= 0.6 is 0 Å². The minimum absolute atomic E-state index is 0.705. The molecule has 6 nitrogen and oxygen atoms in total. The highest BCUT2D eigenvalue weighted by atomic mass is 16.5. The summed E-state index contributed by atoms with van der Waals surface area (Å²) in [5, 5.41) is 3.19. The Morgan fingerprint density at radius 2 is 1.95 bits per heavy atom. The van der Waals surface area contributed by atoms with Gasteiger partial charge in [-0.15, -0.1) is 0 Å². The van der Waals surface area contributed by atoms with Crippen molar-refractivity contribution in [3.05, 3.63) is 6.33 Å². The van der Waals surface area contributed by atoms with Gasteiger partial charge in [0, 0.05) is 20.1 Å². The van der Waals surface area contributed by atoms with Gasteiger partial charge in [0.25, 0.3) is 0 Å². The molecule has 0 fully saturated rings. The third kappa shape index (κ3) is 4.55. The largest absolute Gasteiger partial charge is 0.490 e. The third-order valence-corrected chi connectivity index (χ3v) is 2.79. The number of methoxy groups -OCH3 is 1. The molecule has 0 atom stereocenters. The van der Waals surface area contributed by atoms with Crippen molar-refractivity contribution in [2.75, 3.05) is 58.1 Å². The Morgan fingerprint density at radius 3 is 2.53 bits per heavy atom. The molecule has 1 heterocycles. The fourth-order valence-corrected chi connectivity index (χ4v) is 1.85.